The van der Waals surface area contributed by atoms with Crippen LogP contribution in [0.1, 0.15) is 13.2 Å². The third kappa shape index (κ3) is 1.82. The number of aliphatic hydroxyl groups is 2. The molecule has 1 aromatic rings. The minimum atomic E-state index is -1.18. The summed E-state index contributed by atoms with van der Waals surface area (Å²) in [5, 5.41) is 19.2. The van der Waals surface area contributed by atoms with Crippen molar-refractivity contribution in [3.8, 4) is 0 Å². The molecule has 1 aliphatic heterocycles. The van der Waals surface area contributed by atoms with E-state index in [-0.39, 0.29) is 12.4 Å². The summed E-state index contributed by atoms with van der Waals surface area (Å²) in [7, 11) is 0. The highest BCUT2D eigenvalue weighted by molar-refractivity contribution is 5.25. The van der Waals surface area contributed by atoms with E-state index in [1.165, 1.54) is 16.8 Å². The van der Waals surface area contributed by atoms with Crippen molar-refractivity contribution in [3.63, 3.8) is 0 Å². The van der Waals surface area contributed by atoms with Crippen molar-refractivity contribution in [3.05, 3.63) is 34.9 Å². The molecule has 18 heavy (non-hydrogen) atoms. The third-order valence-corrected chi connectivity index (χ3v) is 3.05. The van der Waals surface area contributed by atoms with E-state index < -0.39 is 23.6 Å². The van der Waals surface area contributed by atoms with Gasteiger partial charge in [0, 0.05) is 11.8 Å². The summed E-state index contributed by atoms with van der Waals surface area (Å²) in [6.07, 6.45) is -0.509. The lowest BCUT2D eigenvalue weighted by Crippen LogP contribution is -2.40. The van der Waals surface area contributed by atoms with Gasteiger partial charge in [0.25, 0.3) is 0 Å². The second kappa shape index (κ2) is 4.20. The fraction of sp³-hybridized carbons (Fsp3) is 0.455. The highest BCUT2D eigenvalue weighted by Gasteiger charge is 2.47. The zero-order chi connectivity index (χ0) is 13.5. The summed E-state index contributed by atoms with van der Waals surface area (Å²) < 4.78 is 6.68. The molecule has 7 heteroatoms. The monoisotopic (exact) mass is 253 g/mol. The molecular formula is C11H15N3O4. The van der Waals surface area contributed by atoms with Crippen LogP contribution in [-0.4, -0.2) is 38.1 Å². The van der Waals surface area contributed by atoms with Crippen molar-refractivity contribution in [2.75, 3.05) is 12.3 Å². The van der Waals surface area contributed by atoms with Crippen molar-refractivity contribution >= 4 is 5.82 Å². The van der Waals surface area contributed by atoms with Gasteiger partial charge in [0.1, 0.15) is 17.5 Å². The molecular weight excluding hydrogens is 238 g/mol. The van der Waals surface area contributed by atoms with E-state index in [0.717, 1.165) is 0 Å². The van der Waals surface area contributed by atoms with Gasteiger partial charge in [0.15, 0.2) is 6.23 Å². The zero-order valence-electron chi connectivity index (χ0n) is 9.91. The number of aliphatic hydroxyl groups excluding tert-OH is 2. The third-order valence-electron chi connectivity index (χ3n) is 3.05. The van der Waals surface area contributed by atoms with Gasteiger partial charge in [-0.3, -0.25) is 4.57 Å². The fourth-order valence-electron chi connectivity index (χ4n) is 1.89. The van der Waals surface area contributed by atoms with Gasteiger partial charge in [0.05, 0.1) is 6.61 Å². The topological polar surface area (TPSA) is 111 Å². The summed E-state index contributed by atoms with van der Waals surface area (Å²) in [6, 6.07) is 1.44. The Morgan fingerprint density at radius 1 is 1.72 bits per heavy atom. The van der Waals surface area contributed by atoms with Crippen molar-refractivity contribution < 1.29 is 14.9 Å². The van der Waals surface area contributed by atoms with Crippen LogP contribution in [0.3, 0.4) is 0 Å². The molecule has 2 rings (SSSR count). The quantitative estimate of drug-likeness (QED) is 0.584. The van der Waals surface area contributed by atoms with E-state index in [9.17, 15) is 15.0 Å². The first-order valence-corrected chi connectivity index (χ1v) is 5.39. The molecule has 0 saturated carbocycles. The Labute approximate surface area is 103 Å². The molecule has 1 saturated heterocycles. The van der Waals surface area contributed by atoms with Crippen LogP contribution in [0, 0.1) is 0 Å². The number of ether oxygens (including phenoxy) is 1. The van der Waals surface area contributed by atoms with E-state index in [1.54, 1.807) is 6.92 Å². The maximum atomic E-state index is 11.7. The first kappa shape index (κ1) is 12.7. The summed E-state index contributed by atoms with van der Waals surface area (Å²) in [5.74, 6) is 0.102. The van der Waals surface area contributed by atoms with Crippen molar-refractivity contribution in [2.24, 2.45) is 0 Å². The lowest BCUT2D eigenvalue weighted by Gasteiger charge is -2.24. The highest BCUT2D eigenvalue weighted by Crippen LogP contribution is 2.38. The Balaban J connectivity index is 2.41. The molecule has 2 unspecified atom stereocenters. The number of hydrogen-bond donors (Lipinski definition) is 3. The lowest BCUT2D eigenvalue weighted by atomic mass is 9.97. The average Bonchev–Trinajstić information content (AvgIpc) is 2.55. The molecule has 98 valence electrons. The summed E-state index contributed by atoms with van der Waals surface area (Å²) >= 11 is 0. The first-order valence-electron chi connectivity index (χ1n) is 5.39. The zero-order valence-corrected chi connectivity index (χ0v) is 9.91. The van der Waals surface area contributed by atoms with Crippen LogP contribution in [0.15, 0.2) is 29.2 Å². The van der Waals surface area contributed by atoms with Gasteiger partial charge in [-0.1, -0.05) is 6.58 Å². The van der Waals surface area contributed by atoms with E-state index >= 15 is 0 Å². The largest absolute Gasteiger partial charge is 0.393 e. The molecule has 1 fully saturated rings. The van der Waals surface area contributed by atoms with Crippen LogP contribution in [0.4, 0.5) is 5.82 Å². The van der Waals surface area contributed by atoms with Crippen LogP contribution in [0.2, 0.25) is 0 Å². The Morgan fingerprint density at radius 3 is 2.89 bits per heavy atom. The number of hydrogen-bond acceptors (Lipinski definition) is 6. The number of anilines is 1. The second-order valence-electron chi connectivity index (χ2n) is 4.46. The summed E-state index contributed by atoms with van der Waals surface area (Å²) in [5.41, 5.74) is 3.90. The average molecular weight is 253 g/mol. The minimum Gasteiger partial charge on any atom is -0.393 e. The Hall–Kier alpha value is -1.70. The van der Waals surface area contributed by atoms with Gasteiger partial charge in [-0.05, 0) is 13.0 Å². The lowest BCUT2D eigenvalue weighted by molar-refractivity contribution is -0.116. The highest BCUT2D eigenvalue weighted by atomic mass is 16.6. The predicted molar refractivity (Wildman–Crippen MR) is 63.7 cm³/mol. The number of rotatable bonds is 2. The molecule has 3 atom stereocenters. The second-order valence-corrected chi connectivity index (χ2v) is 4.46. The summed E-state index contributed by atoms with van der Waals surface area (Å²) in [6.45, 7) is 4.85. The molecule has 0 bridgehead atoms. The maximum absolute atomic E-state index is 11.7. The first-order chi connectivity index (χ1) is 8.39. The number of nitrogen functional groups attached to an aromatic ring is 1. The Morgan fingerprint density at radius 2 is 2.39 bits per heavy atom. The molecule has 0 amide bonds. The maximum Gasteiger partial charge on any atom is 0.351 e. The van der Waals surface area contributed by atoms with Crippen LogP contribution in [-0.2, 0) is 4.74 Å². The summed E-state index contributed by atoms with van der Waals surface area (Å²) in [4.78, 5) is 15.3. The van der Waals surface area contributed by atoms with E-state index in [1.807, 2.05) is 0 Å². The number of aromatic nitrogens is 2. The number of nitrogens with two attached hydrogens (primary N) is 1. The molecule has 0 spiro atoms. The van der Waals surface area contributed by atoms with Crippen LogP contribution < -0.4 is 11.4 Å². The van der Waals surface area contributed by atoms with Crippen molar-refractivity contribution in [1.29, 1.82) is 0 Å². The van der Waals surface area contributed by atoms with E-state index in [4.69, 9.17) is 10.5 Å². The molecule has 0 aromatic carbocycles. The van der Waals surface area contributed by atoms with Gasteiger partial charge in [-0.25, -0.2) is 4.79 Å². The van der Waals surface area contributed by atoms with Gasteiger partial charge in [-0.15, -0.1) is 0 Å². The molecule has 0 aliphatic carbocycles. The van der Waals surface area contributed by atoms with Crippen molar-refractivity contribution in [2.45, 2.75) is 24.9 Å². The Kier molecular flexibility index (Phi) is 2.97. The normalized spacial score (nSPS) is 31.8. The smallest absolute Gasteiger partial charge is 0.351 e. The minimum absolute atomic E-state index is 0.102. The predicted octanol–water partition coefficient (Wildman–Crippen LogP) is -0.978. The SMILES string of the molecule is C=C1C(n2ccc(N)nc2=O)OC(C)(CO)[C@H]1O. The van der Waals surface area contributed by atoms with Gasteiger partial charge < -0.3 is 20.7 Å². The van der Waals surface area contributed by atoms with E-state index in [2.05, 4.69) is 11.6 Å². The van der Waals surface area contributed by atoms with Gasteiger partial charge >= 0.3 is 5.69 Å². The van der Waals surface area contributed by atoms with Gasteiger partial charge in [-0.2, -0.15) is 4.98 Å². The van der Waals surface area contributed by atoms with Crippen LogP contribution in [0.25, 0.3) is 0 Å². The van der Waals surface area contributed by atoms with Gasteiger partial charge in [0.2, 0.25) is 0 Å². The standard InChI is InChI=1S/C11H15N3O4/c1-6-8(16)11(2,5-15)18-9(6)14-4-3-7(12)13-10(14)17/h3-4,8-9,15-16H,1,5H2,2H3,(H2,12,13,17)/t8-,9?,11?/m0/s1. The number of nitrogens with zero attached hydrogens (tertiary/aromatic N) is 2. The van der Waals surface area contributed by atoms with Crippen LogP contribution in [0.5, 0.6) is 0 Å². The fourth-order valence-corrected chi connectivity index (χ4v) is 1.89. The van der Waals surface area contributed by atoms with Crippen molar-refractivity contribution in [1.82, 2.24) is 9.55 Å². The van der Waals surface area contributed by atoms with E-state index in [0.29, 0.717) is 5.57 Å². The molecule has 0 radical (unpaired) electrons. The molecule has 4 N–H and O–H groups in total. The molecule has 1 aromatic heterocycles. The molecule has 7 nitrogen and oxygen atoms in total. The van der Waals surface area contributed by atoms with Crippen LogP contribution >= 0.6 is 0 Å². The Bertz CT molecular complexity index is 541. The molecule has 2 heterocycles. The molecule has 1 aliphatic rings.